The second-order valence-electron chi connectivity index (χ2n) is 5.91. The van der Waals surface area contributed by atoms with Crippen LogP contribution >= 0.6 is 11.6 Å². The number of nitrogens with one attached hydrogen (secondary N) is 1. The SMILES string of the molecule is O=C1CC2(CCNCC2)CN1Cc1cc(F)ccc1Cl. The van der Waals surface area contributed by atoms with Crippen LogP contribution in [0.2, 0.25) is 5.02 Å². The average Bonchev–Trinajstić information content (AvgIpc) is 2.71. The van der Waals surface area contributed by atoms with Crippen LogP contribution in [0.25, 0.3) is 0 Å². The van der Waals surface area contributed by atoms with Gasteiger partial charge in [0.2, 0.25) is 5.91 Å². The van der Waals surface area contributed by atoms with Gasteiger partial charge in [0.05, 0.1) is 0 Å². The van der Waals surface area contributed by atoms with Crippen LogP contribution in [-0.2, 0) is 11.3 Å². The molecule has 3 rings (SSSR count). The molecular weight excluding hydrogens is 279 g/mol. The van der Waals surface area contributed by atoms with Gasteiger partial charge in [-0.2, -0.15) is 0 Å². The molecule has 20 heavy (non-hydrogen) atoms. The lowest BCUT2D eigenvalue weighted by Crippen LogP contribution is -2.38. The second kappa shape index (κ2) is 5.34. The highest BCUT2D eigenvalue weighted by atomic mass is 35.5. The summed E-state index contributed by atoms with van der Waals surface area (Å²) in [6.45, 7) is 3.12. The van der Waals surface area contributed by atoms with E-state index in [2.05, 4.69) is 5.32 Å². The van der Waals surface area contributed by atoms with Crippen LogP contribution in [0, 0.1) is 11.2 Å². The number of rotatable bonds is 2. The van der Waals surface area contributed by atoms with Gasteiger partial charge in [0, 0.05) is 24.5 Å². The third kappa shape index (κ3) is 2.67. The first kappa shape index (κ1) is 13.8. The Hall–Kier alpha value is -1.13. The lowest BCUT2D eigenvalue weighted by molar-refractivity contribution is -0.128. The van der Waals surface area contributed by atoms with Crippen molar-refractivity contribution >= 4 is 17.5 Å². The monoisotopic (exact) mass is 296 g/mol. The van der Waals surface area contributed by atoms with E-state index in [4.69, 9.17) is 11.6 Å². The fourth-order valence-corrected chi connectivity index (χ4v) is 3.47. The van der Waals surface area contributed by atoms with Crippen molar-refractivity contribution in [3.63, 3.8) is 0 Å². The van der Waals surface area contributed by atoms with Crippen LogP contribution in [0.15, 0.2) is 18.2 Å². The first-order valence-corrected chi connectivity index (χ1v) is 7.38. The number of nitrogens with zero attached hydrogens (tertiary/aromatic N) is 1. The molecule has 2 heterocycles. The summed E-state index contributed by atoms with van der Waals surface area (Å²) in [5.41, 5.74) is 0.799. The molecule has 108 valence electrons. The van der Waals surface area contributed by atoms with Crippen molar-refractivity contribution in [1.29, 1.82) is 0 Å². The van der Waals surface area contributed by atoms with E-state index >= 15 is 0 Å². The Bertz CT molecular complexity index is 529. The largest absolute Gasteiger partial charge is 0.338 e. The van der Waals surface area contributed by atoms with Crippen LogP contribution in [0.5, 0.6) is 0 Å². The number of piperidine rings is 1. The summed E-state index contributed by atoms with van der Waals surface area (Å²) in [4.78, 5) is 14.0. The Balaban J connectivity index is 1.75. The molecule has 0 aliphatic carbocycles. The molecule has 2 fully saturated rings. The van der Waals surface area contributed by atoms with E-state index in [9.17, 15) is 9.18 Å². The lowest BCUT2D eigenvalue weighted by atomic mass is 9.78. The number of benzene rings is 1. The molecule has 5 heteroatoms. The van der Waals surface area contributed by atoms with Crippen molar-refractivity contribution in [2.45, 2.75) is 25.8 Å². The van der Waals surface area contributed by atoms with E-state index in [0.29, 0.717) is 23.6 Å². The summed E-state index contributed by atoms with van der Waals surface area (Å²) in [5, 5.41) is 3.85. The molecule has 0 unspecified atom stereocenters. The zero-order chi connectivity index (χ0) is 14.2. The average molecular weight is 297 g/mol. The third-order valence-electron chi connectivity index (χ3n) is 4.44. The number of hydrogen-bond acceptors (Lipinski definition) is 2. The molecule has 0 bridgehead atoms. The van der Waals surface area contributed by atoms with Crippen molar-refractivity contribution in [2.24, 2.45) is 5.41 Å². The second-order valence-corrected chi connectivity index (χ2v) is 6.32. The van der Waals surface area contributed by atoms with Gasteiger partial charge in [-0.15, -0.1) is 0 Å². The zero-order valence-electron chi connectivity index (χ0n) is 11.3. The van der Waals surface area contributed by atoms with Crippen molar-refractivity contribution in [1.82, 2.24) is 10.2 Å². The van der Waals surface area contributed by atoms with Gasteiger partial charge in [-0.05, 0) is 55.1 Å². The Morgan fingerprint density at radius 1 is 1.35 bits per heavy atom. The Labute approximate surface area is 123 Å². The smallest absolute Gasteiger partial charge is 0.223 e. The summed E-state index contributed by atoms with van der Waals surface area (Å²) < 4.78 is 13.3. The first-order valence-electron chi connectivity index (χ1n) is 7.00. The molecular formula is C15H18ClFN2O. The van der Waals surface area contributed by atoms with Gasteiger partial charge in [0.15, 0.2) is 0 Å². The van der Waals surface area contributed by atoms with Crippen LogP contribution < -0.4 is 5.32 Å². The van der Waals surface area contributed by atoms with E-state index in [1.807, 2.05) is 4.90 Å². The van der Waals surface area contributed by atoms with Crippen molar-refractivity contribution < 1.29 is 9.18 Å². The Morgan fingerprint density at radius 2 is 2.10 bits per heavy atom. The highest BCUT2D eigenvalue weighted by Crippen LogP contribution is 2.40. The number of hydrogen-bond donors (Lipinski definition) is 1. The van der Waals surface area contributed by atoms with Crippen LogP contribution in [0.1, 0.15) is 24.8 Å². The quantitative estimate of drug-likeness (QED) is 0.910. The zero-order valence-corrected chi connectivity index (χ0v) is 12.0. The predicted octanol–water partition coefficient (Wildman–Crippen LogP) is 2.58. The fourth-order valence-electron chi connectivity index (χ4n) is 3.29. The highest BCUT2D eigenvalue weighted by molar-refractivity contribution is 6.31. The molecule has 0 atom stereocenters. The van der Waals surface area contributed by atoms with Gasteiger partial charge in [0.1, 0.15) is 5.82 Å². The van der Waals surface area contributed by atoms with Crippen molar-refractivity contribution in [3.05, 3.63) is 34.6 Å². The number of halogens is 2. The van der Waals surface area contributed by atoms with Gasteiger partial charge in [-0.25, -0.2) is 4.39 Å². The molecule has 1 amide bonds. The predicted molar refractivity (Wildman–Crippen MR) is 76.0 cm³/mol. The fraction of sp³-hybridized carbons (Fsp3) is 0.533. The van der Waals surface area contributed by atoms with Crippen LogP contribution in [0.4, 0.5) is 4.39 Å². The lowest BCUT2D eigenvalue weighted by Gasteiger charge is -2.33. The molecule has 2 saturated heterocycles. The topological polar surface area (TPSA) is 32.3 Å². The maximum Gasteiger partial charge on any atom is 0.223 e. The van der Waals surface area contributed by atoms with Crippen LogP contribution in [0.3, 0.4) is 0 Å². The minimum Gasteiger partial charge on any atom is -0.338 e. The van der Waals surface area contributed by atoms with Gasteiger partial charge < -0.3 is 10.2 Å². The Morgan fingerprint density at radius 3 is 2.85 bits per heavy atom. The molecule has 3 nitrogen and oxygen atoms in total. The summed E-state index contributed by atoms with van der Waals surface area (Å²) in [6, 6.07) is 4.31. The summed E-state index contributed by atoms with van der Waals surface area (Å²) in [7, 11) is 0. The molecule has 0 saturated carbocycles. The highest BCUT2D eigenvalue weighted by Gasteiger charge is 2.43. The molecule has 2 aliphatic heterocycles. The van der Waals surface area contributed by atoms with Crippen molar-refractivity contribution in [3.8, 4) is 0 Å². The maximum absolute atomic E-state index is 13.3. The molecule has 0 radical (unpaired) electrons. The van der Waals surface area contributed by atoms with Gasteiger partial charge in [-0.1, -0.05) is 11.6 Å². The molecule has 1 N–H and O–H groups in total. The van der Waals surface area contributed by atoms with Gasteiger partial charge >= 0.3 is 0 Å². The molecule has 0 aromatic heterocycles. The Kier molecular flexibility index (Phi) is 3.69. The van der Waals surface area contributed by atoms with Gasteiger partial charge in [0.25, 0.3) is 0 Å². The minimum atomic E-state index is -0.312. The van der Waals surface area contributed by atoms with E-state index in [0.717, 1.165) is 32.5 Å². The normalized spacial score (nSPS) is 21.7. The number of likely N-dealkylation sites (tertiary alicyclic amines) is 1. The van der Waals surface area contributed by atoms with Gasteiger partial charge in [-0.3, -0.25) is 4.79 Å². The third-order valence-corrected chi connectivity index (χ3v) is 4.81. The van der Waals surface area contributed by atoms with Crippen molar-refractivity contribution in [2.75, 3.05) is 19.6 Å². The number of carbonyl (C=O) groups excluding carboxylic acids is 1. The maximum atomic E-state index is 13.3. The molecule has 1 aromatic rings. The van der Waals surface area contributed by atoms with E-state index < -0.39 is 0 Å². The number of carbonyl (C=O) groups is 1. The van der Waals surface area contributed by atoms with Crippen LogP contribution in [-0.4, -0.2) is 30.4 Å². The molecule has 2 aliphatic rings. The van der Waals surface area contributed by atoms with E-state index in [-0.39, 0.29) is 17.1 Å². The summed E-state index contributed by atoms with van der Waals surface area (Å²) in [5.74, 6) is -0.153. The summed E-state index contributed by atoms with van der Waals surface area (Å²) >= 11 is 6.09. The minimum absolute atomic E-state index is 0.113. The standard InChI is InChI=1S/C15H18ClFN2O/c16-13-2-1-12(17)7-11(13)9-19-10-15(8-14(19)20)3-5-18-6-4-15/h1-2,7,18H,3-6,8-10H2. The molecule has 1 aromatic carbocycles. The van der Waals surface area contributed by atoms with E-state index in [1.54, 1.807) is 6.07 Å². The molecule has 1 spiro atoms. The first-order chi connectivity index (χ1) is 9.58. The summed E-state index contributed by atoms with van der Waals surface area (Å²) in [6.07, 6.45) is 2.68. The van der Waals surface area contributed by atoms with E-state index in [1.165, 1.54) is 12.1 Å². The number of amides is 1.